The van der Waals surface area contributed by atoms with Crippen molar-refractivity contribution in [3.8, 4) is 16.9 Å². The lowest BCUT2D eigenvalue weighted by Crippen LogP contribution is -2.52. The van der Waals surface area contributed by atoms with Crippen LogP contribution in [0.4, 0.5) is 4.39 Å². The van der Waals surface area contributed by atoms with Gasteiger partial charge in [0.25, 0.3) is 5.56 Å². The van der Waals surface area contributed by atoms with E-state index in [1.807, 2.05) is 4.57 Å². The maximum Gasteiger partial charge on any atom is 0.306 e. The number of ether oxygens (including phenoxy) is 1. The number of aliphatic carboxylic acids is 1. The van der Waals surface area contributed by atoms with Crippen LogP contribution in [-0.4, -0.2) is 34.0 Å². The third-order valence-electron chi connectivity index (χ3n) is 8.39. The first-order valence-electron chi connectivity index (χ1n) is 12.3. The summed E-state index contributed by atoms with van der Waals surface area (Å²) >= 11 is 0. The standard InChI is InChI=1S/C28H28FNO5/c29-19-3-1-16(2-4-19)24-22-6-5-21(31)11-23(22)26(32)30(25(24)17-7-9-35-10-8-17)20-14-28(15-20)12-18(13-28)27(33)34/h1-6,11,17-18,20,31H,7-10,12-15H2,(H,33,34). The number of carboxylic acids is 1. The van der Waals surface area contributed by atoms with Gasteiger partial charge in [-0.05, 0) is 85.2 Å². The first-order chi connectivity index (χ1) is 16.8. The monoisotopic (exact) mass is 477 g/mol. The Kier molecular flexibility index (Phi) is 5.22. The molecule has 7 heteroatoms. The molecule has 3 fully saturated rings. The fourth-order valence-corrected chi connectivity index (χ4v) is 6.70. The van der Waals surface area contributed by atoms with Gasteiger partial charge in [-0.15, -0.1) is 0 Å². The molecule has 6 nitrogen and oxygen atoms in total. The highest BCUT2D eigenvalue weighted by Gasteiger charge is 2.56. The van der Waals surface area contributed by atoms with Crippen molar-refractivity contribution in [2.45, 2.75) is 50.5 Å². The number of hydrogen-bond acceptors (Lipinski definition) is 4. The second-order valence-electron chi connectivity index (χ2n) is 10.6. The van der Waals surface area contributed by atoms with Gasteiger partial charge in [0.2, 0.25) is 0 Å². The molecule has 1 spiro atoms. The Morgan fingerprint density at radius 1 is 1.00 bits per heavy atom. The Labute approximate surface area is 202 Å². The van der Waals surface area contributed by atoms with Gasteiger partial charge in [0.1, 0.15) is 11.6 Å². The zero-order valence-corrected chi connectivity index (χ0v) is 19.4. The number of halogens is 1. The molecule has 3 aliphatic rings. The van der Waals surface area contributed by atoms with E-state index >= 15 is 0 Å². The first-order valence-corrected chi connectivity index (χ1v) is 12.3. The van der Waals surface area contributed by atoms with E-state index < -0.39 is 5.97 Å². The number of benzene rings is 2. The minimum atomic E-state index is -0.737. The number of carbonyl (C=O) groups is 1. The molecular formula is C28H28FNO5. The number of aromatic nitrogens is 1. The molecule has 35 heavy (non-hydrogen) atoms. The largest absolute Gasteiger partial charge is 0.508 e. The zero-order valence-electron chi connectivity index (χ0n) is 19.4. The number of phenolic OH excluding ortho intramolecular Hbond substituents is 1. The summed E-state index contributed by atoms with van der Waals surface area (Å²) in [4.78, 5) is 25.3. The highest BCUT2D eigenvalue weighted by atomic mass is 19.1. The summed E-state index contributed by atoms with van der Waals surface area (Å²) in [6.45, 7) is 1.23. The summed E-state index contributed by atoms with van der Waals surface area (Å²) < 4.78 is 21.4. The van der Waals surface area contributed by atoms with Crippen molar-refractivity contribution in [1.82, 2.24) is 4.57 Å². The Hall–Kier alpha value is -3.19. The maximum absolute atomic E-state index is 14.0. The Balaban J connectivity index is 1.54. The average molecular weight is 478 g/mol. The summed E-state index contributed by atoms with van der Waals surface area (Å²) in [5, 5.41) is 20.7. The molecule has 0 radical (unpaired) electrons. The van der Waals surface area contributed by atoms with Crippen molar-refractivity contribution < 1.29 is 24.1 Å². The van der Waals surface area contributed by atoms with E-state index in [1.54, 1.807) is 24.3 Å². The summed E-state index contributed by atoms with van der Waals surface area (Å²) in [7, 11) is 0. The van der Waals surface area contributed by atoms with E-state index in [4.69, 9.17) is 4.74 Å². The molecule has 6 rings (SSSR count). The fraction of sp³-hybridized carbons (Fsp3) is 0.429. The van der Waals surface area contributed by atoms with Crippen molar-refractivity contribution in [1.29, 1.82) is 0 Å². The minimum absolute atomic E-state index is 0.00390. The predicted molar refractivity (Wildman–Crippen MR) is 129 cm³/mol. The van der Waals surface area contributed by atoms with Gasteiger partial charge in [-0.25, -0.2) is 4.39 Å². The third-order valence-corrected chi connectivity index (χ3v) is 8.39. The number of fused-ring (bicyclic) bond motifs is 1. The lowest BCUT2D eigenvalue weighted by molar-refractivity contribution is -0.157. The van der Waals surface area contributed by atoms with Crippen LogP contribution >= 0.6 is 0 Å². The summed E-state index contributed by atoms with van der Waals surface area (Å²) in [5.41, 5.74) is 2.57. The van der Waals surface area contributed by atoms with Crippen molar-refractivity contribution in [2.75, 3.05) is 13.2 Å². The third kappa shape index (κ3) is 3.64. The van der Waals surface area contributed by atoms with E-state index in [9.17, 15) is 24.2 Å². The molecule has 1 saturated heterocycles. The van der Waals surface area contributed by atoms with E-state index in [0.717, 1.165) is 47.9 Å². The Morgan fingerprint density at radius 2 is 1.69 bits per heavy atom. The quantitative estimate of drug-likeness (QED) is 0.538. The maximum atomic E-state index is 14.0. The van der Waals surface area contributed by atoms with Crippen LogP contribution in [0.25, 0.3) is 21.9 Å². The molecule has 2 heterocycles. The molecule has 2 N–H and O–H groups in total. The van der Waals surface area contributed by atoms with Crippen LogP contribution in [0.1, 0.15) is 56.2 Å². The number of carboxylic acid groups (broad SMARTS) is 1. The molecule has 0 unspecified atom stereocenters. The molecule has 0 bridgehead atoms. The summed E-state index contributed by atoms with van der Waals surface area (Å²) in [6.07, 6.45) is 4.46. The van der Waals surface area contributed by atoms with Gasteiger partial charge >= 0.3 is 5.97 Å². The molecule has 182 valence electrons. The second-order valence-corrected chi connectivity index (χ2v) is 10.6. The van der Waals surface area contributed by atoms with Gasteiger partial charge in [-0.3, -0.25) is 9.59 Å². The number of nitrogens with zero attached hydrogens (tertiary/aromatic N) is 1. The second kappa shape index (κ2) is 8.19. The highest BCUT2D eigenvalue weighted by Crippen LogP contribution is 2.63. The number of rotatable bonds is 4. The van der Waals surface area contributed by atoms with Gasteiger partial charge < -0.3 is 19.5 Å². The number of hydrogen-bond donors (Lipinski definition) is 2. The van der Waals surface area contributed by atoms with Crippen molar-refractivity contribution >= 4 is 16.7 Å². The normalized spacial score (nSPS) is 26.4. The zero-order chi connectivity index (χ0) is 24.3. The number of aromatic hydroxyl groups is 1. The molecular weight excluding hydrogens is 449 g/mol. The van der Waals surface area contributed by atoms with Crippen LogP contribution in [0.15, 0.2) is 47.3 Å². The smallest absolute Gasteiger partial charge is 0.306 e. The lowest BCUT2D eigenvalue weighted by Gasteiger charge is -2.57. The van der Waals surface area contributed by atoms with Gasteiger partial charge in [-0.2, -0.15) is 0 Å². The summed E-state index contributed by atoms with van der Waals surface area (Å²) in [6, 6.07) is 11.2. The van der Waals surface area contributed by atoms with Gasteiger partial charge in [0.05, 0.1) is 11.3 Å². The lowest BCUT2D eigenvalue weighted by atomic mass is 9.50. The van der Waals surface area contributed by atoms with Crippen LogP contribution in [0.5, 0.6) is 5.75 Å². The van der Waals surface area contributed by atoms with Crippen LogP contribution in [0.2, 0.25) is 0 Å². The number of pyridine rings is 1. The fourth-order valence-electron chi connectivity index (χ4n) is 6.70. The minimum Gasteiger partial charge on any atom is -0.508 e. The Morgan fingerprint density at radius 3 is 2.34 bits per heavy atom. The van der Waals surface area contributed by atoms with E-state index in [2.05, 4.69) is 0 Å². The van der Waals surface area contributed by atoms with Crippen LogP contribution in [0, 0.1) is 17.2 Å². The van der Waals surface area contributed by atoms with Crippen molar-refractivity contribution in [2.24, 2.45) is 11.3 Å². The molecule has 0 atom stereocenters. The van der Waals surface area contributed by atoms with Crippen molar-refractivity contribution in [3.05, 3.63) is 64.3 Å². The van der Waals surface area contributed by atoms with Gasteiger partial charge in [0, 0.05) is 36.4 Å². The van der Waals surface area contributed by atoms with Crippen LogP contribution < -0.4 is 5.56 Å². The van der Waals surface area contributed by atoms with E-state index in [-0.39, 0.29) is 40.4 Å². The molecule has 1 aromatic heterocycles. The molecule has 2 aromatic carbocycles. The van der Waals surface area contributed by atoms with Crippen molar-refractivity contribution in [3.63, 3.8) is 0 Å². The van der Waals surface area contributed by atoms with Crippen LogP contribution in [0.3, 0.4) is 0 Å². The van der Waals surface area contributed by atoms with Gasteiger partial charge in [-0.1, -0.05) is 12.1 Å². The molecule has 2 aliphatic carbocycles. The molecule has 1 aliphatic heterocycles. The van der Waals surface area contributed by atoms with E-state index in [1.165, 1.54) is 18.2 Å². The molecule has 2 saturated carbocycles. The Bertz CT molecular complexity index is 1360. The topological polar surface area (TPSA) is 88.8 Å². The predicted octanol–water partition coefficient (Wildman–Crippen LogP) is 5.22. The first kappa shape index (κ1) is 22.3. The SMILES string of the molecule is O=C(O)C1CC2(C1)CC(n1c(C3CCOCC3)c(-c3ccc(F)cc3)c3ccc(O)cc3c1=O)C2. The average Bonchev–Trinajstić information content (AvgIpc) is 2.79. The van der Waals surface area contributed by atoms with Gasteiger partial charge in [0.15, 0.2) is 0 Å². The highest BCUT2D eigenvalue weighted by molar-refractivity contribution is 5.98. The summed E-state index contributed by atoms with van der Waals surface area (Å²) in [5.74, 6) is -1.21. The van der Waals surface area contributed by atoms with E-state index in [0.29, 0.717) is 31.4 Å². The van der Waals surface area contributed by atoms with Crippen LogP contribution in [-0.2, 0) is 9.53 Å². The number of phenols is 1. The molecule has 3 aromatic rings. The molecule has 0 amide bonds.